The lowest BCUT2D eigenvalue weighted by atomic mass is 10.1. The second-order valence-electron chi connectivity index (χ2n) is 5.11. The van der Waals surface area contributed by atoms with Crippen molar-refractivity contribution in [1.82, 2.24) is 4.90 Å². The first-order valence-corrected chi connectivity index (χ1v) is 7.07. The zero-order chi connectivity index (χ0) is 15.2. The molecule has 0 atom stereocenters. The summed E-state index contributed by atoms with van der Waals surface area (Å²) in [5.74, 6) is -0.0552. The van der Waals surface area contributed by atoms with Gasteiger partial charge >= 0.3 is 0 Å². The standard InChI is InChI=1S/C16H20N2O3/c1-2-8-18(9-10-19)16(21)13-4-3-5-14(11-13)17-15(20)12-6-7-12/h2-5,11-12,19H,1,6-10H2,(H,17,20). The fourth-order valence-corrected chi connectivity index (χ4v) is 2.05. The first-order valence-electron chi connectivity index (χ1n) is 7.07. The third kappa shape index (κ3) is 4.16. The third-order valence-corrected chi connectivity index (χ3v) is 3.33. The molecule has 2 rings (SSSR count). The lowest BCUT2D eigenvalue weighted by molar-refractivity contribution is -0.117. The topological polar surface area (TPSA) is 69.6 Å². The first kappa shape index (κ1) is 15.3. The molecule has 0 radical (unpaired) electrons. The van der Waals surface area contributed by atoms with Gasteiger partial charge in [0, 0.05) is 30.3 Å². The van der Waals surface area contributed by atoms with E-state index in [1.807, 2.05) is 0 Å². The second-order valence-corrected chi connectivity index (χ2v) is 5.11. The van der Waals surface area contributed by atoms with Gasteiger partial charge in [0.15, 0.2) is 0 Å². The molecule has 1 fully saturated rings. The highest BCUT2D eigenvalue weighted by molar-refractivity contribution is 5.98. The number of anilines is 1. The molecule has 5 heteroatoms. The van der Waals surface area contributed by atoms with Crippen molar-refractivity contribution in [2.75, 3.05) is 25.0 Å². The van der Waals surface area contributed by atoms with Crippen molar-refractivity contribution in [2.24, 2.45) is 5.92 Å². The maximum absolute atomic E-state index is 12.4. The number of benzene rings is 1. The monoisotopic (exact) mass is 288 g/mol. The van der Waals surface area contributed by atoms with Crippen LogP contribution in [0, 0.1) is 5.92 Å². The van der Waals surface area contributed by atoms with Crippen LogP contribution in [0.1, 0.15) is 23.2 Å². The van der Waals surface area contributed by atoms with Crippen molar-refractivity contribution in [3.8, 4) is 0 Å². The van der Waals surface area contributed by atoms with Crippen molar-refractivity contribution >= 4 is 17.5 Å². The Hall–Kier alpha value is -2.14. The van der Waals surface area contributed by atoms with E-state index >= 15 is 0 Å². The number of hydrogen-bond acceptors (Lipinski definition) is 3. The van der Waals surface area contributed by atoms with Crippen LogP contribution in [0.3, 0.4) is 0 Å². The highest BCUT2D eigenvalue weighted by Gasteiger charge is 2.29. The van der Waals surface area contributed by atoms with E-state index in [0.29, 0.717) is 17.8 Å². The minimum atomic E-state index is -0.188. The predicted molar refractivity (Wildman–Crippen MR) is 81.0 cm³/mol. The zero-order valence-corrected chi connectivity index (χ0v) is 11.9. The number of aliphatic hydroxyl groups is 1. The molecule has 0 heterocycles. The normalized spacial score (nSPS) is 13.6. The number of carbonyl (C=O) groups excluding carboxylic acids is 2. The minimum absolute atomic E-state index is 0.0119. The Bertz CT molecular complexity index is 538. The van der Waals surface area contributed by atoms with Gasteiger partial charge in [-0.05, 0) is 31.0 Å². The molecule has 0 aromatic heterocycles. The second kappa shape index (κ2) is 7.04. The molecule has 0 bridgehead atoms. The third-order valence-electron chi connectivity index (χ3n) is 3.33. The Morgan fingerprint density at radius 3 is 2.81 bits per heavy atom. The van der Waals surface area contributed by atoms with Crippen LogP contribution in [0.25, 0.3) is 0 Å². The van der Waals surface area contributed by atoms with Gasteiger partial charge in [0.2, 0.25) is 5.91 Å². The molecule has 112 valence electrons. The lowest BCUT2D eigenvalue weighted by Gasteiger charge is -2.20. The molecular weight excluding hydrogens is 268 g/mol. The van der Waals surface area contributed by atoms with Crippen LogP contribution in [0.5, 0.6) is 0 Å². The van der Waals surface area contributed by atoms with Crippen molar-refractivity contribution in [3.05, 3.63) is 42.5 Å². The Labute approximate surface area is 124 Å². The summed E-state index contributed by atoms with van der Waals surface area (Å²) < 4.78 is 0. The van der Waals surface area contributed by atoms with Crippen LogP contribution in [-0.2, 0) is 4.79 Å². The molecule has 1 aromatic carbocycles. The van der Waals surface area contributed by atoms with Crippen molar-refractivity contribution in [2.45, 2.75) is 12.8 Å². The van der Waals surface area contributed by atoms with E-state index in [1.54, 1.807) is 30.3 Å². The van der Waals surface area contributed by atoms with Gasteiger partial charge < -0.3 is 15.3 Å². The van der Waals surface area contributed by atoms with Crippen LogP contribution in [0.15, 0.2) is 36.9 Å². The number of amides is 2. The van der Waals surface area contributed by atoms with E-state index in [2.05, 4.69) is 11.9 Å². The molecule has 2 N–H and O–H groups in total. The maximum Gasteiger partial charge on any atom is 0.254 e. The smallest absolute Gasteiger partial charge is 0.254 e. The van der Waals surface area contributed by atoms with E-state index < -0.39 is 0 Å². The Kier molecular flexibility index (Phi) is 5.11. The van der Waals surface area contributed by atoms with Gasteiger partial charge in [-0.25, -0.2) is 0 Å². The van der Waals surface area contributed by atoms with Gasteiger partial charge in [0.25, 0.3) is 5.91 Å². The summed E-state index contributed by atoms with van der Waals surface area (Å²) in [4.78, 5) is 25.6. The average Bonchev–Trinajstić information content (AvgIpc) is 3.31. The fraction of sp³-hybridized carbons (Fsp3) is 0.375. The maximum atomic E-state index is 12.4. The molecule has 0 spiro atoms. The molecule has 1 aliphatic rings. The molecule has 1 aliphatic carbocycles. The van der Waals surface area contributed by atoms with E-state index in [-0.39, 0.29) is 30.9 Å². The molecule has 1 saturated carbocycles. The van der Waals surface area contributed by atoms with E-state index in [4.69, 9.17) is 5.11 Å². The van der Waals surface area contributed by atoms with Crippen LogP contribution in [-0.4, -0.2) is 41.5 Å². The van der Waals surface area contributed by atoms with Crippen LogP contribution >= 0.6 is 0 Å². The largest absolute Gasteiger partial charge is 0.395 e. The van der Waals surface area contributed by atoms with Gasteiger partial charge in [0.1, 0.15) is 0 Å². The van der Waals surface area contributed by atoms with Crippen LogP contribution in [0.2, 0.25) is 0 Å². The van der Waals surface area contributed by atoms with Gasteiger partial charge in [-0.3, -0.25) is 9.59 Å². The summed E-state index contributed by atoms with van der Waals surface area (Å²) in [5.41, 5.74) is 1.11. The first-order chi connectivity index (χ1) is 10.2. The number of nitrogens with one attached hydrogen (secondary N) is 1. The average molecular weight is 288 g/mol. The predicted octanol–water partition coefficient (Wildman–Crippen LogP) is 1.66. The highest BCUT2D eigenvalue weighted by Crippen LogP contribution is 2.30. The lowest BCUT2D eigenvalue weighted by Crippen LogP contribution is -2.33. The molecule has 2 amide bonds. The quantitative estimate of drug-likeness (QED) is 0.750. The summed E-state index contributed by atoms with van der Waals surface area (Å²) in [6.07, 6.45) is 3.49. The Morgan fingerprint density at radius 2 is 2.19 bits per heavy atom. The molecule has 1 aromatic rings. The van der Waals surface area contributed by atoms with Crippen LogP contribution in [0.4, 0.5) is 5.69 Å². The Morgan fingerprint density at radius 1 is 1.43 bits per heavy atom. The summed E-state index contributed by atoms with van der Waals surface area (Å²) in [7, 11) is 0. The summed E-state index contributed by atoms with van der Waals surface area (Å²) >= 11 is 0. The van der Waals surface area contributed by atoms with Gasteiger partial charge in [-0.15, -0.1) is 6.58 Å². The Balaban J connectivity index is 2.09. The van der Waals surface area contributed by atoms with Gasteiger partial charge in [-0.2, -0.15) is 0 Å². The summed E-state index contributed by atoms with van der Waals surface area (Å²) in [6, 6.07) is 6.86. The summed E-state index contributed by atoms with van der Waals surface area (Å²) in [6.45, 7) is 4.14. The zero-order valence-electron chi connectivity index (χ0n) is 11.9. The highest BCUT2D eigenvalue weighted by atomic mass is 16.3. The molecular formula is C16H20N2O3. The number of carbonyl (C=O) groups is 2. The molecule has 5 nitrogen and oxygen atoms in total. The van der Waals surface area contributed by atoms with E-state index in [9.17, 15) is 9.59 Å². The van der Waals surface area contributed by atoms with Crippen LogP contribution < -0.4 is 5.32 Å². The number of aliphatic hydroxyl groups excluding tert-OH is 1. The molecule has 0 aliphatic heterocycles. The minimum Gasteiger partial charge on any atom is -0.395 e. The number of hydrogen-bond donors (Lipinski definition) is 2. The molecule has 21 heavy (non-hydrogen) atoms. The summed E-state index contributed by atoms with van der Waals surface area (Å²) in [5, 5.41) is 11.8. The number of rotatable bonds is 7. The fourth-order valence-electron chi connectivity index (χ4n) is 2.05. The van der Waals surface area contributed by atoms with E-state index in [0.717, 1.165) is 12.8 Å². The van der Waals surface area contributed by atoms with Crippen molar-refractivity contribution in [1.29, 1.82) is 0 Å². The van der Waals surface area contributed by atoms with E-state index in [1.165, 1.54) is 4.90 Å². The number of nitrogens with zero attached hydrogens (tertiary/aromatic N) is 1. The molecule has 0 unspecified atom stereocenters. The van der Waals surface area contributed by atoms with Crippen molar-refractivity contribution in [3.63, 3.8) is 0 Å². The van der Waals surface area contributed by atoms with Gasteiger partial charge in [-0.1, -0.05) is 12.1 Å². The molecule has 0 saturated heterocycles. The SMILES string of the molecule is C=CCN(CCO)C(=O)c1cccc(NC(=O)C2CC2)c1. The van der Waals surface area contributed by atoms with Crippen molar-refractivity contribution < 1.29 is 14.7 Å². The van der Waals surface area contributed by atoms with Gasteiger partial charge in [0.05, 0.1) is 6.61 Å².